The lowest BCUT2D eigenvalue weighted by atomic mass is 10.2. The second-order valence-corrected chi connectivity index (χ2v) is 4.72. The highest BCUT2D eigenvalue weighted by Crippen LogP contribution is 2.11. The quantitative estimate of drug-likeness (QED) is 0.831. The summed E-state index contributed by atoms with van der Waals surface area (Å²) in [7, 11) is 1.77. The Labute approximate surface area is 109 Å². The standard InChI is InChI=1S/C14H22N2O2/c1-11-4-6-13(7-5-11)18-10-14(17)16(3)9-12(2)8-15/h4-7,12H,8-10,15H2,1-3H3. The van der Waals surface area contributed by atoms with Crippen LogP contribution in [-0.4, -0.2) is 37.6 Å². The number of amides is 1. The van der Waals surface area contributed by atoms with Crippen LogP contribution in [0.1, 0.15) is 12.5 Å². The molecule has 1 amide bonds. The van der Waals surface area contributed by atoms with Crippen molar-refractivity contribution in [3.63, 3.8) is 0 Å². The molecule has 1 unspecified atom stereocenters. The van der Waals surface area contributed by atoms with Crippen molar-refractivity contribution in [1.29, 1.82) is 0 Å². The summed E-state index contributed by atoms with van der Waals surface area (Å²) in [6, 6.07) is 7.65. The Morgan fingerprint density at radius 1 is 1.39 bits per heavy atom. The molecule has 100 valence electrons. The van der Waals surface area contributed by atoms with E-state index in [1.807, 2.05) is 38.1 Å². The minimum atomic E-state index is -0.0316. The maximum absolute atomic E-state index is 11.8. The maximum Gasteiger partial charge on any atom is 0.260 e. The summed E-state index contributed by atoms with van der Waals surface area (Å²) >= 11 is 0. The minimum Gasteiger partial charge on any atom is -0.484 e. The van der Waals surface area contributed by atoms with Gasteiger partial charge in [0, 0.05) is 13.6 Å². The Morgan fingerprint density at radius 3 is 2.56 bits per heavy atom. The third kappa shape index (κ3) is 4.75. The predicted octanol–water partition coefficient (Wildman–Crippen LogP) is 1.43. The fourth-order valence-electron chi connectivity index (χ4n) is 1.53. The lowest BCUT2D eigenvalue weighted by molar-refractivity contribution is -0.132. The van der Waals surface area contributed by atoms with Crippen molar-refractivity contribution < 1.29 is 9.53 Å². The van der Waals surface area contributed by atoms with Gasteiger partial charge in [0.15, 0.2) is 6.61 Å². The highest BCUT2D eigenvalue weighted by atomic mass is 16.5. The molecule has 0 aromatic heterocycles. The molecule has 1 aromatic carbocycles. The highest BCUT2D eigenvalue weighted by molar-refractivity contribution is 5.77. The second kappa shape index (κ2) is 7.01. The fourth-order valence-corrected chi connectivity index (χ4v) is 1.53. The summed E-state index contributed by atoms with van der Waals surface area (Å²) in [6.45, 7) is 5.33. The smallest absolute Gasteiger partial charge is 0.260 e. The molecule has 0 radical (unpaired) electrons. The highest BCUT2D eigenvalue weighted by Gasteiger charge is 2.12. The first kappa shape index (κ1) is 14.5. The topological polar surface area (TPSA) is 55.6 Å². The summed E-state index contributed by atoms with van der Waals surface area (Å²) in [4.78, 5) is 13.5. The number of hydrogen-bond acceptors (Lipinski definition) is 3. The van der Waals surface area contributed by atoms with Gasteiger partial charge >= 0.3 is 0 Å². The van der Waals surface area contributed by atoms with Crippen molar-refractivity contribution in [1.82, 2.24) is 4.90 Å². The molecule has 4 heteroatoms. The number of nitrogens with zero attached hydrogens (tertiary/aromatic N) is 1. The molecule has 1 atom stereocenters. The van der Waals surface area contributed by atoms with Crippen molar-refractivity contribution in [3.05, 3.63) is 29.8 Å². The van der Waals surface area contributed by atoms with E-state index >= 15 is 0 Å². The summed E-state index contributed by atoms with van der Waals surface area (Å²) in [6.07, 6.45) is 0. The molecule has 1 rings (SSSR count). The molecular formula is C14H22N2O2. The van der Waals surface area contributed by atoms with Gasteiger partial charge in [-0.05, 0) is 31.5 Å². The molecule has 0 bridgehead atoms. The number of carbonyl (C=O) groups is 1. The van der Waals surface area contributed by atoms with E-state index in [1.165, 1.54) is 5.56 Å². The SMILES string of the molecule is Cc1ccc(OCC(=O)N(C)CC(C)CN)cc1. The van der Waals surface area contributed by atoms with Gasteiger partial charge < -0.3 is 15.4 Å². The van der Waals surface area contributed by atoms with Crippen molar-refractivity contribution >= 4 is 5.91 Å². The van der Waals surface area contributed by atoms with Gasteiger partial charge in [-0.1, -0.05) is 24.6 Å². The van der Waals surface area contributed by atoms with Gasteiger partial charge in [0.1, 0.15) is 5.75 Å². The van der Waals surface area contributed by atoms with Crippen molar-refractivity contribution in [3.8, 4) is 5.75 Å². The van der Waals surface area contributed by atoms with Crippen LogP contribution in [0.5, 0.6) is 5.75 Å². The third-order valence-electron chi connectivity index (χ3n) is 2.80. The number of carbonyl (C=O) groups excluding carboxylic acids is 1. The molecular weight excluding hydrogens is 228 g/mol. The molecule has 0 aliphatic heterocycles. The Balaban J connectivity index is 2.38. The van der Waals surface area contributed by atoms with Gasteiger partial charge in [-0.3, -0.25) is 4.79 Å². The Kier molecular flexibility index (Phi) is 5.65. The summed E-state index contributed by atoms with van der Waals surface area (Å²) < 4.78 is 5.44. The number of rotatable bonds is 6. The molecule has 0 aliphatic rings. The van der Waals surface area contributed by atoms with E-state index in [4.69, 9.17) is 10.5 Å². The molecule has 0 aliphatic carbocycles. The van der Waals surface area contributed by atoms with E-state index in [2.05, 4.69) is 0 Å². The van der Waals surface area contributed by atoms with Crippen molar-refractivity contribution in [2.45, 2.75) is 13.8 Å². The first-order valence-electron chi connectivity index (χ1n) is 6.16. The monoisotopic (exact) mass is 250 g/mol. The van der Waals surface area contributed by atoms with E-state index in [1.54, 1.807) is 11.9 Å². The summed E-state index contributed by atoms with van der Waals surface area (Å²) in [5.74, 6) is 0.989. The lowest BCUT2D eigenvalue weighted by Gasteiger charge is -2.20. The third-order valence-corrected chi connectivity index (χ3v) is 2.80. The maximum atomic E-state index is 11.8. The van der Waals surface area contributed by atoms with Gasteiger partial charge in [0.2, 0.25) is 0 Å². The van der Waals surface area contributed by atoms with Crippen LogP contribution < -0.4 is 10.5 Å². The first-order chi connectivity index (χ1) is 8.52. The number of ether oxygens (including phenoxy) is 1. The normalized spacial score (nSPS) is 12.0. The van der Waals surface area contributed by atoms with E-state index in [0.29, 0.717) is 24.8 Å². The average molecular weight is 250 g/mol. The van der Waals surface area contributed by atoms with Gasteiger partial charge in [-0.15, -0.1) is 0 Å². The van der Waals surface area contributed by atoms with Crippen LogP contribution in [-0.2, 0) is 4.79 Å². The zero-order valence-corrected chi connectivity index (χ0v) is 11.3. The van der Waals surface area contributed by atoms with Gasteiger partial charge in [0.05, 0.1) is 0 Å². The van der Waals surface area contributed by atoms with Crippen LogP contribution in [0.15, 0.2) is 24.3 Å². The molecule has 0 saturated carbocycles. The molecule has 4 nitrogen and oxygen atoms in total. The van der Waals surface area contributed by atoms with Gasteiger partial charge in [-0.2, -0.15) is 0 Å². The van der Waals surface area contributed by atoms with Gasteiger partial charge in [0.25, 0.3) is 5.91 Å². The summed E-state index contributed by atoms with van der Waals surface area (Å²) in [5, 5.41) is 0. The van der Waals surface area contributed by atoms with E-state index in [9.17, 15) is 4.79 Å². The number of nitrogens with two attached hydrogens (primary N) is 1. The Bertz CT molecular complexity index is 376. The van der Waals surface area contributed by atoms with E-state index in [-0.39, 0.29) is 12.5 Å². The number of hydrogen-bond donors (Lipinski definition) is 1. The van der Waals surface area contributed by atoms with Crippen LogP contribution in [0.3, 0.4) is 0 Å². The minimum absolute atomic E-state index is 0.0316. The van der Waals surface area contributed by atoms with Crippen molar-refractivity contribution in [2.24, 2.45) is 11.7 Å². The molecule has 0 fully saturated rings. The molecule has 18 heavy (non-hydrogen) atoms. The van der Waals surface area contributed by atoms with Crippen LogP contribution in [0.2, 0.25) is 0 Å². The van der Waals surface area contributed by atoms with E-state index in [0.717, 1.165) is 0 Å². The molecule has 1 aromatic rings. The van der Waals surface area contributed by atoms with Crippen LogP contribution in [0.25, 0.3) is 0 Å². The predicted molar refractivity (Wildman–Crippen MR) is 72.5 cm³/mol. The van der Waals surface area contributed by atoms with Crippen molar-refractivity contribution in [2.75, 3.05) is 26.7 Å². The molecule has 0 saturated heterocycles. The zero-order chi connectivity index (χ0) is 13.5. The molecule has 0 heterocycles. The largest absolute Gasteiger partial charge is 0.484 e. The van der Waals surface area contributed by atoms with E-state index < -0.39 is 0 Å². The number of benzene rings is 1. The summed E-state index contributed by atoms with van der Waals surface area (Å²) in [5.41, 5.74) is 6.70. The molecule has 2 N–H and O–H groups in total. The zero-order valence-electron chi connectivity index (χ0n) is 11.3. The second-order valence-electron chi connectivity index (χ2n) is 4.72. The lowest BCUT2D eigenvalue weighted by Crippen LogP contribution is -2.36. The number of aryl methyl sites for hydroxylation is 1. The first-order valence-corrected chi connectivity index (χ1v) is 6.16. The Hall–Kier alpha value is -1.55. The van der Waals surface area contributed by atoms with Crippen LogP contribution >= 0.6 is 0 Å². The fraction of sp³-hybridized carbons (Fsp3) is 0.500. The molecule has 0 spiro atoms. The number of likely N-dealkylation sites (N-methyl/N-ethyl adjacent to an activating group) is 1. The Morgan fingerprint density at radius 2 is 2.00 bits per heavy atom. The van der Waals surface area contributed by atoms with Crippen LogP contribution in [0, 0.1) is 12.8 Å². The van der Waals surface area contributed by atoms with Gasteiger partial charge in [-0.25, -0.2) is 0 Å². The van der Waals surface area contributed by atoms with Crippen LogP contribution in [0.4, 0.5) is 0 Å². The average Bonchev–Trinajstić information content (AvgIpc) is 2.37.